The molecule has 1 saturated carbocycles. The van der Waals surface area contributed by atoms with Gasteiger partial charge in [0.05, 0.1) is 12.2 Å². The van der Waals surface area contributed by atoms with E-state index in [1.165, 1.54) is 45.2 Å². The molecular formula is C16H27N3O. The molecule has 1 N–H and O–H groups in total. The highest BCUT2D eigenvalue weighted by atomic mass is 16.5. The summed E-state index contributed by atoms with van der Waals surface area (Å²) in [6, 6.07) is 2.11. The van der Waals surface area contributed by atoms with Gasteiger partial charge in [-0.3, -0.25) is 4.90 Å². The molecule has 0 amide bonds. The van der Waals surface area contributed by atoms with Crippen LogP contribution in [-0.2, 0) is 13.1 Å². The lowest BCUT2D eigenvalue weighted by Gasteiger charge is -2.40. The molecule has 0 spiro atoms. The number of aromatic nitrogens is 1. The zero-order valence-electron chi connectivity index (χ0n) is 12.6. The minimum absolute atomic E-state index is 0.810. The fourth-order valence-corrected chi connectivity index (χ4v) is 3.81. The lowest BCUT2D eigenvalue weighted by Crippen LogP contribution is -2.41. The highest BCUT2D eigenvalue weighted by Crippen LogP contribution is 2.36. The SMILES string of the molecule is CCNCc1cc(CN2CCC3CCCCC3C2)on1. The molecule has 2 fully saturated rings. The number of hydrogen-bond acceptors (Lipinski definition) is 4. The monoisotopic (exact) mass is 277 g/mol. The Morgan fingerprint density at radius 3 is 3.00 bits per heavy atom. The number of rotatable bonds is 5. The first kappa shape index (κ1) is 14.1. The van der Waals surface area contributed by atoms with Gasteiger partial charge >= 0.3 is 0 Å². The Morgan fingerprint density at radius 1 is 1.30 bits per heavy atom. The molecule has 2 atom stereocenters. The van der Waals surface area contributed by atoms with Gasteiger partial charge in [0, 0.05) is 19.2 Å². The zero-order valence-corrected chi connectivity index (χ0v) is 12.6. The second kappa shape index (κ2) is 6.72. The Labute approximate surface area is 121 Å². The first-order valence-electron chi connectivity index (χ1n) is 8.22. The maximum absolute atomic E-state index is 5.47. The predicted octanol–water partition coefficient (Wildman–Crippen LogP) is 2.80. The molecule has 0 bridgehead atoms. The molecule has 3 rings (SSSR count). The van der Waals surface area contributed by atoms with Crippen LogP contribution in [0.3, 0.4) is 0 Å². The number of piperidine rings is 1. The van der Waals surface area contributed by atoms with Crippen LogP contribution in [0.15, 0.2) is 10.6 Å². The fourth-order valence-electron chi connectivity index (χ4n) is 3.81. The number of likely N-dealkylation sites (tertiary alicyclic amines) is 1. The van der Waals surface area contributed by atoms with Crippen LogP contribution in [0.1, 0.15) is 50.5 Å². The Balaban J connectivity index is 1.51. The van der Waals surface area contributed by atoms with Crippen molar-refractivity contribution in [3.05, 3.63) is 17.5 Å². The van der Waals surface area contributed by atoms with Crippen LogP contribution in [-0.4, -0.2) is 29.7 Å². The summed E-state index contributed by atoms with van der Waals surface area (Å²) in [7, 11) is 0. The van der Waals surface area contributed by atoms with E-state index in [4.69, 9.17) is 4.52 Å². The van der Waals surface area contributed by atoms with E-state index >= 15 is 0 Å². The van der Waals surface area contributed by atoms with Gasteiger partial charge in [-0.2, -0.15) is 0 Å². The van der Waals surface area contributed by atoms with Gasteiger partial charge in [0.25, 0.3) is 0 Å². The van der Waals surface area contributed by atoms with E-state index < -0.39 is 0 Å². The minimum atomic E-state index is 0.810. The summed E-state index contributed by atoms with van der Waals surface area (Å²) in [6.45, 7) is 7.30. The van der Waals surface area contributed by atoms with Crippen LogP contribution < -0.4 is 5.32 Å². The van der Waals surface area contributed by atoms with Crippen molar-refractivity contribution in [2.75, 3.05) is 19.6 Å². The maximum atomic E-state index is 5.47. The Morgan fingerprint density at radius 2 is 2.15 bits per heavy atom. The van der Waals surface area contributed by atoms with Crippen molar-refractivity contribution in [3.63, 3.8) is 0 Å². The standard InChI is InChI=1S/C16H27N3O/c1-2-17-10-15-9-16(20-18-15)12-19-8-7-13-5-3-4-6-14(13)11-19/h9,13-14,17H,2-8,10-12H2,1H3. The molecule has 1 saturated heterocycles. The summed E-state index contributed by atoms with van der Waals surface area (Å²) in [4.78, 5) is 2.56. The lowest BCUT2D eigenvalue weighted by molar-refractivity contribution is 0.0759. The molecule has 112 valence electrons. The highest BCUT2D eigenvalue weighted by molar-refractivity contribution is 5.05. The van der Waals surface area contributed by atoms with Crippen LogP contribution in [0, 0.1) is 11.8 Å². The predicted molar refractivity (Wildman–Crippen MR) is 79.2 cm³/mol. The van der Waals surface area contributed by atoms with Crippen molar-refractivity contribution in [2.24, 2.45) is 11.8 Å². The van der Waals surface area contributed by atoms with Crippen molar-refractivity contribution in [1.29, 1.82) is 0 Å². The summed E-state index contributed by atoms with van der Waals surface area (Å²) >= 11 is 0. The third-order valence-electron chi connectivity index (χ3n) is 4.92. The summed E-state index contributed by atoms with van der Waals surface area (Å²) < 4.78 is 5.47. The molecule has 20 heavy (non-hydrogen) atoms. The van der Waals surface area contributed by atoms with E-state index in [1.807, 2.05) is 0 Å². The zero-order chi connectivity index (χ0) is 13.8. The summed E-state index contributed by atoms with van der Waals surface area (Å²) in [5.74, 6) is 2.95. The van der Waals surface area contributed by atoms with Crippen LogP contribution in [0.25, 0.3) is 0 Å². The van der Waals surface area contributed by atoms with Gasteiger partial charge in [-0.1, -0.05) is 31.3 Å². The minimum Gasteiger partial charge on any atom is -0.360 e. The average molecular weight is 277 g/mol. The van der Waals surface area contributed by atoms with Gasteiger partial charge in [0.2, 0.25) is 0 Å². The Bertz CT molecular complexity index is 418. The molecular weight excluding hydrogens is 250 g/mol. The molecule has 2 unspecified atom stereocenters. The molecule has 1 aliphatic carbocycles. The van der Waals surface area contributed by atoms with Crippen molar-refractivity contribution >= 4 is 0 Å². The van der Waals surface area contributed by atoms with Gasteiger partial charge < -0.3 is 9.84 Å². The second-order valence-corrected chi connectivity index (χ2v) is 6.39. The smallest absolute Gasteiger partial charge is 0.151 e. The van der Waals surface area contributed by atoms with E-state index in [9.17, 15) is 0 Å². The van der Waals surface area contributed by atoms with Crippen molar-refractivity contribution in [1.82, 2.24) is 15.4 Å². The second-order valence-electron chi connectivity index (χ2n) is 6.39. The van der Waals surface area contributed by atoms with E-state index in [1.54, 1.807) is 0 Å². The Kier molecular flexibility index (Phi) is 4.73. The Hall–Kier alpha value is -0.870. The number of nitrogens with one attached hydrogen (secondary N) is 1. The third kappa shape index (κ3) is 3.41. The number of nitrogens with zero attached hydrogens (tertiary/aromatic N) is 2. The quantitative estimate of drug-likeness (QED) is 0.898. The molecule has 2 heterocycles. The van der Waals surface area contributed by atoms with E-state index in [0.29, 0.717) is 0 Å². The van der Waals surface area contributed by atoms with Crippen LogP contribution >= 0.6 is 0 Å². The van der Waals surface area contributed by atoms with Gasteiger partial charge in [0.15, 0.2) is 5.76 Å². The molecule has 0 aromatic carbocycles. The van der Waals surface area contributed by atoms with Crippen LogP contribution in [0.4, 0.5) is 0 Å². The molecule has 0 radical (unpaired) electrons. The summed E-state index contributed by atoms with van der Waals surface area (Å²) in [6.07, 6.45) is 7.17. The number of fused-ring (bicyclic) bond motifs is 1. The summed E-state index contributed by atoms with van der Waals surface area (Å²) in [5.41, 5.74) is 1.02. The molecule has 1 aromatic rings. The van der Waals surface area contributed by atoms with Gasteiger partial charge in [-0.25, -0.2) is 0 Å². The highest BCUT2D eigenvalue weighted by Gasteiger charge is 2.31. The maximum Gasteiger partial charge on any atom is 0.151 e. The molecule has 1 aromatic heterocycles. The van der Waals surface area contributed by atoms with E-state index in [2.05, 4.69) is 28.4 Å². The third-order valence-corrected chi connectivity index (χ3v) is 4.92. The van der Waals surface area contributed by atoms with Gasteiger partial charge in [-0.15, -0.1) is 0 Å². The first-order valence-corrected chi connectivity index (χ1v) is 8.22. The lowest BCUT2D eigenvalue weighted by atomic mass is 9.75. The van der Waals surface area contributed by atoms with Crippen molar-refractivity contribution < 1.29 is 4.52 Å². The largest absolute Gasteiger partial charge is 0.360 e. The van der Waals surface area contributed by atoms with E-state index in [0.717, 1.165) is 42.9 Å². The topological polar surface area (TPSA) is 41.3 Å². The van der Waals surface area contributed by atoms with Crippen LogP contribution in [0.5, 0.6) is 0 Å². The average Bonchev–Trinajstić information content (AvgIpc) is 2.92. The normalized spacial score (nSPS) is 27.4. The molecule has 1 aliphatic heterocycles. The van der Waals surface area contributed by atoms with Crippen LogP contribution in [0.2, 0.25) is 0 Å². The molecule has 2 aliphatic rings. The fraction of sp³-hybridized carbons (Fsp3) is 0.812. The molecule has 4 heteroatoms. The molecule has 4 nitrogen and oxygen atoms in total. The van der Waals surface area contributed by atoms with Crippen molar-refractivity contribution in [3.8, 4) is 0 Å². The van der Waals surface area contributed by atoms with Gasteiger partial charge in [-0.05, 0) is 37.8 Å². The first-order chi connectivity index (χ1) is 9.85. The number of hydrogen-bond donors (Lipinski definition) is 1. The van der Waals surface area contributed by atoms with Crippen molar-refractivity contribution in [2.45, 2.75) is 52.1 Å². The summed E-state index contributed by atoms with van der Waals surface area (Å²) in [5, 5.41) is 7.42. The van der Waals surface area contributed by atoms with Gasteiger partial charge in [0.1, 0.15) is 0 Å². The van der Waals surface area contributed by atoms with E-state index in [-0.39, 0.29) is 0 Å².